The molecule has 1 atom stereocenters. The van der Waals surface area contributed by atoms with E-state index in [1.165, 1.54) is 0 Å². The molecule has 4 aromatic rings. The molecule has 1 unspecified atom stereocenters. The molecule has 0 spiro atoms. The second kappa shape index (κ2) is 11.0. The molecular weight excluding hydrogens is 549 g/mol. The number of halogens is 3. The van der Waals surface area contributed by atoms with E-state index >= 15 is 0 Å². The quantitative estimate of drug-likeness (QED) is 0.228. The maximum absolute atomic E-state index is 12.9. The summed E-state index contributed by atoms with van der Waals surface area (Å²) in [7, 11) is 0. The number of carboxylic acid groups (broad SMARTS) is 1. The number of benzene rings is 3. The number of ketones is 1. The first-order chi connectivity index (χ1) is 18.3. The van der Waals surface area contributed by atoms with Crippen LogP contribution in [0.4, 0.5) is 0 Å². The molecule has 3 aromatic carbocycles. The number of hydrogen-bond donors (Lipinski definition) is 1. The highest BCUT2D eigenvalue weighted by Gasteiger charge is 2.29. The lowest BCUT2D eigenvalue weighted by atomic mass is 9.93. The molecular formula is C29H20Cl3NO5. The monoisotopic (exact) mass is 567 g/mol. The lowest BCUT2D eigenvalue weighted by molar-refractivity contribution is -0.139. The zero-order chi connectivity index (χ0) is 26.8. The highest BCUT2D eigenvalue weighted by atomic mass is 35.5. The van der Waals surface area contributed by atoms with E-state index in [2.05, 4.69) is 4.98 Å². The maximum atomic E-state index is 12.9. The largest absolute Gasteiger partial charge is 0.493 e. The van der Waals surface area contributed by atoms with Gasteiger partial charge in [0.05, 0.1) is 39.7 Å². The van der Waals surface area contributed by atoms with Crippen LogP contribution in [0.1, 0.15) is 34.0 Å². The SMILES string of the molecule is O=C(Cc1cccc(-c2ccc(Cl)c(Cl)c2)n1)c1ccc(Oc2cc3c(cc2Cl)C(C(=O)O)CCO3)cc1. The summed E-state index contributed by atoms with van der Waals surface area (Å²) in [5.41, 5.74) is 3.15. The van der Waals surface area contributed by atoms with Crippen molar-refractivity contribution in [2.24, 2.45) is 0 Å². The summed E-state index contributed by atoms with van der Waals surface area (Å²) >= 11 is 18.5. The molecule has 1 aliphatic rings. The zero-order valence-electron chi connectivity index (χ0n) is 19.8. The van der Waals surface area contributed by atoms with Gasteiger partial charge in [0, 0.05) is 28.5 Å². The Bertz CT molecular complexity index is 1540. The minimum atomic E-state index is -0.921. The van der Waals surface area contributed by atoms with Crippen molar-refractivity contribution in [3.8, 4) is 28.5 Å². The van der Waals surface area contributed by atoms with Crippen molar-refractivity contribution >= 4 is 46.6 Å². The number of pyridine rings is 1. The fraction of sp³-hybridized carbons (Fsp3) is 0.138. The predicted octanol–water partition coefficient (Wildman–Crippen LogP) is 7.88. The molecule has 0 saturated carbocycles. The van der Waals surface area contributed by atoms with Crippen molar-refractivity contribution in [2.75, 3.05) is 6.61 Å². The van der Waals surface area contributed by atoms with Crippen LogP contribution in [0, 0.1) is 0 Å². The Labute approximate surface area is 233 Å². The Kier molecular flexibility index (Phi) is 7.56. The van der Waals surface area contributed by atoms with E-state index in [0.29, 0.717) is 62.8 Å². The number of fused-ring (bicyclic) bond motifs is 1. The van der Waals surface area contributed by atoms with E-state index < -0.39 is 11.9 Å². The van der Waals surface area contributed by atoms with Gasteiger partial charge in [-0.2, -0.15) is 0 Å². The Morgan fingerprint density at radius 1 is 0.947 bits per heavy atom. The molecule has 0 fully saturated rings. The maximum Gasteiger partial charge on any atom is 0.311 e. The number of aliphatic carboxylic acids is 1. The molecule has 2 heterocycles. The molecule has 5 rings (SSSR count). The molecule has 1 N–H and O–H groups in total. The summed E-state index contributed by atoms with van der Waals surface area (Å²) in [6.45, 7) is 0.299. The second-order valence-electron chi connectivity index (χ2n) is 8.72. The predicted molar refractivity (Wildman–Crippen MR) is 146 cm³/mol. The number of Topliss-reactive ketones (excluding diaryl/α,β-unsaturated/α-hetero) is 1. The van der Waals surface area contributed by atoms with Crippen LogP contribution in [0.25, 0.3) is 11.3 Å². The fourth-order valence-electron chi connectivity index (χ4n) is 4.22. The summed E-state index contributed by atoms with van der Waals surface area (Å²) < 4.78 is 11.5. The zero-order valence-corrected chi connectivity index (χ0v) is 22.1. The van der Waals surface area contributed by atoms with Crippen LogP contribution in [0.3, 0.4) is 0 Å². The summed E-state index contributed by atoms with van der Waals surface area (Å²) in [5.74, 6) is -0.459. The molecule has 6 nitrogen and oxygen atoms in total. The van der Waals surface area contributed by atoms with Crippen LogP contribution in [0.2, 0.25) is 15.1 Å². The lowest BCUT2D eigenvalue weighted by Crippen LogP contribution is -2.20. The summed E-state index contributed by atoms with van der Waals surface area (Å²) in [4.78, 5) is 29.1. The van der Waals surface area contributed by atoms with E-state index in [-0.39, 0.29) is 17.2 Å². The summed E-state index contributed by atoms with van der Waals surface area (Å²) in [6, 6.07) is 20.6. The van der Waals surface area contributed by atoms with Gasteiger partial charge in [-0.15, -0.1) is 0 Å². The molecule has 9 heteroatoms. The molecule has 0 bridgehead atoms. The molecule has 1 aromatic heterocycles. The van der Waals surface area contributed by atoms with Gasteiger partial charge in [0.2, 0.25) is 0 Å². The van der Waals surface area contributed by atoms with Gasteiger partial charge >= 0.3 is 5.97 Å². The van der Waals surface area contributed by atoms with Crippen LogP contribution in [0.5, 0.6) is 17.2 Å². The van der Waals surface area contributed by atoms with Crippen LogP contribution in [-0.4, -0.2) is 28.4 Å². The molecule has 0 amide bonds. The number of carboxylic acids is 1. The Hall–Kier alpha value is -3.58. The number of rotatable bonds is 7. The van der Waals surface area contributed by atoms with Crippen LogP contribution in [0.15, 0.2) is 72.8 Å². The van der Waals surface area contributed by atoms with E-state index in [0.717, 1.165) is 5.56 Å². The van der Waals surface area contributed by atoms with E-state index in [4.69, 9.17) is 44.3 Å². The fourth-order valence-corrected chi connectivity index (χ4v) is 4.73. The second-order valence-corrected chi connectivity index (χ2v) is 9.94. The van der Waals surface area contributed by atoms with Crippen molar-refractivity contribution in [2.45, 2.75) is 18.8 Å². The van der Waals surface area contributed by atoms with Gasteiger partial charge in [-0.1, -0.05) is 46.9 Å². The highest BCUT2D eigenvalue weighted by molar-refractivity contribution is 6.42. The van der Waals surface area contributed by atoms with Gasteiger partial charge in [-0.3, -0.25) is 14.6 Å². The first-order valence-electron chi connectivity index (χ1n) is 11.7. The van der Waals surface area contributed by atoms with Gasteiger partial charge in [0.15, 0.2) is 5.78 Å². The Morgan fingerprint density at radius 2 is 1.74 bits per heavy atom. The Balaban J connectivity index is 1.28. The van der Waals surface area contributed by atoms with Gasteiger partial charge in [-0.25, -0.2) is 0 Å². The van der Waals surface area contributed by atoms with Gasteiger partial charge < -0.3 is 14.6 Å². The first kappa shape index (κ1) is 26.0. The number of carbonyl (C=O) groups is 2. The third-order valence-electron chi connectivity index (χ3n) is 6.17. The highest BCUT2D eigenvalue weighted by Crippen LogP contribution is 2.42. The first-order valence-corrected chi connectivity index (χ1v) is 12.8. The Morgan fingerprint density at radius 3 is 2.47 bits per heavy atom. The van der Waals surface area contributed by atoms with Crippen molar-refractivity contribution < 1.29 is 24.2 Å². The number of ether oxygens (including phenoxy) is 2. The van der Waals surface area contributed by atoms with E-state index in [1.807, 2.05) is 18.2 Å². The molecule has 0 radical (unpaired) electrons. The normalized spacial score (nSPS) is 14.3. The number of hydrogen-bond acceptors (Lipinski definition) is 5. The standard InChI is InChI=1S/C29H20Cl3NO5/c30-22-9-6-17(12-23(22)31)25-3-1-2-18(33-25)13-26(34)16-4-7-19(8-5-16)38-28-15-27-21(14-24(28)32)20(29(35)36)10-11-37-27/h1-9,12,14-15,20H,10-11,13H2,(H,35,36). The van der Waals surface area contributed by atoms with E-state index in [9.17, 15) is 14.7 Å². The third-order valence-corrected chi connectivity index (χ3v) is 7.20. The molecule has 0 aliphatic carbocycles. The van der Waals surface area contributed by atoms with Crippen molar-refractivity contribution in [1.82, 2.24) is 4.98 Å². The van der Waals surface area contributed by atoms with Crippen LogP contribution in [-0.2, 0) is 11.2 Å². The molecule has 1 aliphatic heterocycles. The topological polar surface area (TPSA) is 85.7 Å². The summed E-state index contributed by atoms with van der Waals surface area (Å²) in [6.07, 6.45) is 0.498. The minimum absolute atomic E-state index is 0.102. The average Bonchev–Trinajstić information content (AvgIpc) is 2.91. The smallest absolute Gasteiger partial charge is 0.311 e. The molecule has 192 valence electrons. The summed E-state index contributed by atoms with van der Waals surface area (Å²) in [5, 5.41) is 10.6. The van der Waals surface area contributed by atoms with Crippen LogP contribution >= 0.6 is 34.8 Å². The van der Waals surface area contributed by atoms with Gasteiger partial charge in [-0.05, 0) is 61.0 Å². The van der Waals surface area contributed by atoms with Crippen LogP contribution < -0.4 is 9.47 Å². The van der Waals surface area contributed by atoms with Gasteiger partial charge in [0.25, 0.3) is 0 Å². The van der Waals surface area contributed by atoms with Gasteiger partial charge in [0.1, 0.15) is 17.2 Å². The molecule has 0 saturated heterocycles. The third kappa shape index (κ3) is 5.63. The van der Waals surface area contributed by atoms with E-state index in [1.54, 1.807) is 54.6 Å². The average molecular weight is 569 g/mol. The van der Waals surface area contributed by atoms with Crippen molar-refractivity contribution in [3.05, 3.63) is 105 Å². The van der Waals surface area contributed by atoms with Crippen molar-refractivity contribution in [1.29, 1.82) is 0 Å². The molecule has 38 heavy (non-hydrogen) atoms. The number of aromatic nitrogens is 1. The number of carbonyl (C=O) groups excluding carboxylic acids is 1. The number of nitrogens with zero attached hydrogens (tertiary/aromatic N) is 1. The lowest BCUT2D eigenvalue weighted by Gasteiger charge is -2.24. The minimum Gasteiger partial charge on any atom is -0.493 e. The van der Waals surface area contributed by atoms with Crippen molar-refractivity contribution in [3.63, 3.8) is 0 Å².